The number of carboxylic acids is 1. The second-order valence-corrected chi connectivity index (χ2v) is 10.6. The highest BCUT2D eigenvalue weighted by Gasteiger charge is 2.22. The van der Waals surface area contributed by atoms with Crippen molar-refractivity contribution in [1.82, 2.24) is 4.57 Å². The van der Waals surface area contributed by atoms with Crippen LogP contribution in [0.2, 0.25) is 0 Å². The van der Waals surface area contributed by atoms with Crippen LogP contribution in [-0.4, -0.2) is 42.8 Å². The van der Waals surface area contributed by atoms with E-state index in [1.165, 1.54) is 6.26 Å². The van der Waals surface area contributed by atoms with E-state index >= 15 is 0 Å². The lowest BCUT2D eigenvalue weighted by molar-refractivity contribution is -0.139. The minimum Gasteiger partial charge on any atom is -0.481 e. The maximum absolute atomic E-state index is 12.4. The van der Waals surface area contributed by atoms with Gasteiger partial charge in [-0.15, -0.1) is 0 Å². The van der Waals surface area contributed by atoms with Crippen molar-refractivity contribution in [3.8, 4) is 17.1 Å². The molecule has 0 aliphatic heterocycles. The van der Waals surface area contributed by atoms with Gasteiger partial charge in [-0.3, -0.25) is 4.79 Å². The van der Waals surface area contributed by atoms with Gasteiger partial charge in [0.15, 0.2) is 16.4 Å². The first kappa shape index (κ1) is 24.1. The van der Waals surface area contributed by atoms with Gasteiger partial charge in [-0.2, -0.15) is 0 Å². The molecule has 0 atom stereocenters. The average molecular weight is 519 g/mol. The van der Waals surface area contributed by atoms with Gasteiger partial charge < -0.3 is 24.6 Å². The summed E-state index contributed by atoms with van der Waals surface area (Å²) < 4.78 is 37.0. The Bertz CT molecular complexity index is 1770. The lowest BCUT2D eigenvalue weighted by Crippen LogP contribution is -2.11. The van der Waals surface area contributed by atoms with Crippen molar-refractivity contribution in [1.29, 1.82) is 0 Å². The monoisotopic (exact) mass is 518 g/mol. The van der Waals surface area contributed by atoms with Crippen LogP contribution in [0.25, 0.3) is 33.1 Å². The number of carbonyl (C=O) groups excluding carboxylic acids is 1. The molecule has 5 aromatic rings. The third-order valence-electron chi connectivity index (χ3n) is 6.07. The topological polar surface area (TPSA) is 142 Å². The fraction of sp³-hybridized carbons (Fsp3) is 0.111. The molecular weight excluding hydrogens is 496 g/mol. The molecule has 1 amide bonds. The number of sulfone groups is 1. The van der Waals surface area contributed by atoms with Crippen molar-refractivity contribution in [3.63, 3.8) is 0 Å². The molecule has 188 valence electrons. The highest BCUT2D eigenvalue weighted by molar-refractivity contribution is 7.90. The standard InChI is InChI=1S/C27H22N2O7S/c1-37(33,34)18-9-7-16(8-10-18)14-29-20-5-2-4-19(27(28)32)25(20)26-21(29)12-17(22-6-3-11-35-22)13-23(26)36-15-24(30)31/h2-13H,14-15H2,1H3,(H2,28,32)(H,30,31). The van der Waals surface area contributed by atoms with Crippen LogP contribution < -0.4 is 10.5 Å². The number of benzene rings is 3. The average Bonchev–Trinajstić information content (AvgIpc) is 3.49. The Morgan fingerprint density at radius 1 is 1.00 bits per heavy atom. The summed E-state index contributed by atoms with van der Waals surface area (Å²) in [7, 11) is -3.35. The summed E-state index contributed by atoms with van der Waals surface area (Å²) in [6, 6.07) is 18.8. The van der Waals surface area contributed by atoms with Crippen molar-refractivity contribution in [2.75, 3.05) is 12.9 Å². The highest BCUT2D eigenvalue weighted by Crippen LogP contribution is 2.41. The lowest BCUT2D eigenvalue weighted by Gasteiger charge is -2.11. The van der Waals surface area contributed by atoms with Gasteiger partial charge in [-0.25, -0.2) is 13.2 Å². The van der Waals surface area contributed by atoms with Crippen LogP contribution in [-0.2, 0) is 21.2 Å². The molecule has 0 aliphatic carbocycles. The Hall–Kier alpha value is -4.57. The smallest absolute Gasteiger partial charge is 0.341 e. The van der Waals surface area contributed by atoms with Gasteiger partial charge in [-0.1, -0.05) is 18.2 Å². The van der Waals surface area contributed by atoms with Crippen LogP contribution in [0.4, 0.5) is 0 Å². The van der Waals surface area contributed by atoms with Gasteiger partial charge in [0.05, 0.1) is 27.6 Å². The molecule has 0 spiro atoms. The van der Waals surface area contributed by atoms with Crippen LogP contribution in [0, 0.1) is 0 Å². The van der Waals surface area contributed by atoms with E-state index in [0.29, 0.717) is 39.7 Å². The Morgan fingerprint density at radius 3 is 2.38 bits per heavy atom. The van der Waals surface area contributed by atoms with Gasteiger partial charge in [0, 0.05) is 29.3 Å². The number of aromatic nitrogens is 1. The number of nitrogens with zero attached hydrogens (tertiary/aromatic N) is 1. The number of carboxylic acid groups (broad SMARTS) is 1. The molecule has 0 fully saturated rings. The molecule has 0 saturated carbocycles. The molecule has 3 N–H and O–H groups in total. The normalized spacial score (nSPS) is 11.7. The van der Waals surface area contributed by atoms with Gasteiger partial charge in [-0.05, 0) is 54.1 Å². The van der Waals surface area contributed by atoms with E-state index in [2.05, 4.69) is 0 Å². The Morgan fingerprint density at radius 2 is 1.76 bits per heavy atom. The predicted octanol–water partition coefficient (Wildman–Crippen LogP) is 4.07. The first-order valence-corrected chi connectivity index (χ1v) is 13.1. The van der Waals surface area contributed by atoms with E-state index < -0.39 is 28.3 Å². The van der Waals surface area contributed by atoms with Crippen LogP contribution >= 0.6 is 0 Å². The molecule has 2 aromatic heterocycles. The third kappa shape index (κ3) is 4.54. The van der Waals surface area contributed by atoms with Crippen molar-refractivity contribution >= 4 is 43.5 Å². The van der Waals surface area contributed by atoms with Crippen LogP contribution in [0.1, 0.15) is 15.9 Å². The molecule has 0 unspecified atom stereocenters. The summed E-state index contributed by atoms with van der Waals surface area (Å²) in [5.41, 5.74) is 8.77. The Labute approximate surface area is 211 Å². The zero-order chi connectivity index (χ0) is 26.3. The number of nitrogens with two attached hydrogens (primary N) is 1. The number of rotatable bonds is 8. The molecule has 5 rings (SSSR count). The van der Waals surface area contributed by atoms with Gasteiger partial charge in [0.25, 0.3) is 0 Å². The first-order chi connectivity index (χ1) is 17.6. The minimum absolute atomic E-state index is 0.207. The summed E-state index contributed by atoms with van der Waals surface area (Å²) in [6.07, 6.45) is 2.68. The highest BCUT2D eigenvalue weighted by atomic mass is 32.2. The van der Waals surface area contributed by atoms with Gasteiger partial charge >= 0.3 is 5.97 Å². The number of amides is 1. The second kappa shape index (κ2) is 9.14. The van der Waals surface area contributed by atoms with Crippen molar-refractivity contribution in [3.05, 3.63) is 84.1 Å². The summed E-state index contributed by atoms with van der Waals surface area (Å²) in [4.78, 5) is 23.9. The summed E-state index contributed by atoms with van der Waals surface area (Å²) in [5, 5.41) is 10.3. The molecule has 0 radical (unpaired) electrons. The number of hydrogen-bond acceptors (Lipinski definition) is 6. The number of carbonyl (C=O) groups is 2. The molecule has 9 nitrogen and oxygen atoms in total. The number of fused-ring (bicyclic) bond motifs is 3. The SMILES string of the molecule is CS(=O)(=O)c1ccc(Cn2c3cc(-c4ccco4)cc(OCC(=O)O)c3c3c(C(N)=O)cccc32)cc1. The van der Waals surface area contributed by atoms with Crippen molar-refractivity contribution in [2.24, 2.45) is 5.73 Å². The van der Waals surface area contributed by atoms with E-state index in [1.807, 2.05) is 16.7 Å². The Balaban J connectivity index is 1.81. The van der Waals surface area contributed by atoms with E-state index in [-0.39, 0.29) is 16.2 Å². The largest absolute Gasteiger partial charge is 0.481 e. The van der Waals surface area contributed by atoms with Crippen molar-refractivity contribution < 1.29 is 32.3 Å². The first-order valence-electron chi connectivity index (χ1n) is 11.2. The lowest BCUT2D eigenvalue weighted by atomic mass is 10.0. The second-order valence-electron chi connectivity index (χ2n) is 8.59. The Kier molecular flexibility index (Phi) is 5.96. The van der Waals surface area contributed by atoms with E-state index in [0.717, 1.165) is 11.8 Å². The third-order valence-corrected chi connectivity index (χ3v) is 7.20. The fourth-order valence-corrected chi connectivity index (χ4v) is 5.09. The van der Waals surface area contributed by atoms with Crippen LogP contribution in [0.3, 0.4) is 0 Å². The van der Waals surface area contributed by atoms with Gasteiger partial charge in [0.1, 0.15) is 11.5 Å². The molecular formula is C27H22N2O7S. The van der Waals surface area contributed by atoms with Crippen LogP contribution in [0.15, 0.2) is 82.3 Å². The number of furan rings is 1. The predicted molar refractivity (Wildman–Crippen MR) is 137 cm³/mol. The van der Waals surface area contributed by atoms with Gasteiger partial charge in [0.2, 0.25) is 5.91 Å². The molecule has 10 heteroatoms. The molecule has 37 heavy (non-hydrogen) atoms. The maximum atomic E-state index is 12.4. The number of aliphatic carboxylic acids is 1. The van der Waals surface area contributed by atoms with E-state index in [4.69, 9.17) is 14.9 Å². The summed E-state index contributed by atoms with van der Waals surface area (Å²) >= 11 is 0. The molecule has 0 aliphatic rings. The number of primary amides is 1. The maximum Gasteiger partial charge on any atom is 0.341 e. The zero-order valence-corrected chi connectivity index (χ0v) is 20.5. The minimum atomic E-state index is -3.35. The van der Waals surface area contributed by atoms with Crippen molar-refractivity contribution in [2.45, 2.75) is 11.4 Å². The molecule has 0 saturated heterocycles. The molecule has 2 heterocycles. The molecule has 3 aromatic carbocycles. The quantitative estimate of drug-likeness (QED) is 0.315. The summed E-state index contributed by atoms with van der Waals surface area (Å²) in [5.74, 6) is -0.981. The zero-order valence-electron chi connectivity index (χ0n) is 19.7. The number of ether oxygens (including phenoxy) is 1. The molecule has 0 bridgehead atoms. The summed E-state index contributed by atoms with van der Waals surface area (Å²) in [6.45, 7) is -0.263. The van der Waals surface area contributed by atoms with E-state index in [1.54, 1.807) is 54.6 Å². The van der Waals surface area contributed by atoms with E-state index in [9.17, 15) is 23.1 Å². The fourth-order valence-electron chi connectivity index (χ4n) is 4.46. The number of hydrogen-bond donors (Lipinski definition) is 2. The van der Waals surface area contributed by atoms with Crippen LogP contribution in [0.5, 0.6) is 5.75 Å².